The van der Waals surface area contributed by atoms with Crippen LogP contribution in [-0.4, -0.2) is 7.05 Å². The van der Waals surface area contributed by atoms with Gasteiger partial charge in [-0.1, -0.05) is 51.5 Å². The first kappa shape index (κ1) is 18.0. The predicted molar refractivity (Wildman–Crippen MR) is 110 cm³/mol. The molecule has 2 aromatic rings. The molecule has 25 heavy (non-hydrogen) atoms. The number of hydrogen-bond acceptors (Lipinski definition) is 1. The average molecular weight is 336 g/mol. The van der Waals surface area contributed by atoms with Crippen molar-refractivity contribution in [1.82, 2.24) is 0 Å². The fourth-order valence-electron chi connectivity index (χ4n) is 4.38. The standard InChI is InChI=1S/C24H33N/c1-16-9-10-21(17(2)13-16)25(8)22-15-20-19(14-18(22)3)23(4,5)11-12-24(20,6)7/h9-10,13-15H,11-12H2,1-8H3. The van der Waals surface area contributed by atoms with Crippen molar-refractivity contribution < 1.29 is 0 Å². The normalized spacial score (nSPS) is 17.9. The SMILES string of the molecule is Cc1ccc(N(C)c2cc3c(cc2C)C(C)(C)CCC3(C)C)c(C)c1. The van der Waals surface area contributed by atoms with Crippen LogP contribution in [0, 0.1) is 20.8 Å². The zero-order valence-electron chi connectivity index (χ0n) is 17.2. The van der Waals surface area contributed by atoms with Crippen LogP contribution in [0.1, 0.15) is 68.4 Å². The molecule has 0 saturated carbocycles. The molecule has 0 radical (unpaired) electrons. The van der Waals surface area contributed by atoms with Gasteiger partial charge in [0.05, 0.1) is 0 Å². The molecule has 1 heteroatoms. The van der Waals surface area contributed by atoms with Crippen LogP contribution in [0.3, 0.4) is 0 Å². The lowest BCUT2D eigenvalue weighted by atomic mass is 9.63. The molecule has 2 aromatic carbocycles. The third-order valence-corrected chi connectivity index (χ3v) is 6.24. The van der Waals surface area contributed by atoms with Crippen LogP contribution < -0.4 is 4.90 Å². The Hall–Kier alpha value is -1.76. The topological polar surface area (TPSA) is 3.24 Å². The van der Waals surface area contributed by atoms with Gasteiger partial charge in [-0.25, -0.2) is 0 Å². The lowest BCUT2D eigenvalue weighted by Gasteiger charge is -2.43. The van der Waals surface area contributed by atoms with E-state index in [1.165, 1.54) is 46.5 Å². The van der Waals surface area contributed by atoms with E-state index in [0.29, 0.717) is 0 Å². The van der Waals surface area contributed by atoms with Crippen molar-refractivity contribution in [1.29, 1.82) is 0 Å². The second kappa shape index (κ2) is 5.90. The molecule has 1 aliphatic carbocycles. The quantitative estimate of drug-likeness (QED) is 0.588. The van der Waals surface area contributed by atoms with E-state index in [1.54, 1.807) is 5.56 Å². The van der Waals surface area contributed by atoms with Gasteiger partial charge in [-0.3, -0.25) is 0 Å². The molecule has 1 nitrogen and oxygen atoms in total. The van der Waals surface area contributed by atoms with Gasteiger partial charge in [0.15, 0.2) is 0 Å². The number of benzene rings is 2. The monoisotopic (exact) mass is 335 g/mol. The zero-order chi connectivity index (χ0) is 18.6. The summed E-state index contributed by atoms with van der Waals surface area (Å²) in [6.45, 7) is 16.2. The molecule has 0 aromatic heterocycles. The van der Waals surface area contributed by atoms with Crippen LogP contribution in [0.2, 0.25) is 0 Å². The highest BCUT2D eigenvalue weighted by molar-refractivity contribution is 5.70. The maximum absolute atomic E-state index is 2.46. The Bertz CT molecular complexity index is 811. The Morgan fingerprint density at radius 3 is 1.80 bits per heavy atom. The summed E-state index contributed by atoms with van der Waals surface area (Å²) in [5.74, 6) is 0. The van der Waals surface area contributed by atoms with Crippen LogP contribution in [0.4, 0.5) is 11.4 Å². The summed E-state index contributed by atoms with van der Waals surface area (Å²) >= 11 is 0. The highest BCUT2D eigenvalue weighted by atomic mass is 15.1. The molecule has 0 unspecified atom stereocenters. The van der Waals surface area contributed by atoms with Crippen LogP contribution in [0.15, 0.2) is 30.3 Å². The Balaban J connectivity index is 2.15. The molecule has 0 spiro atoms. The van der Waals surface area contributed by atoms with Crippen molar-refractivity contribution in [2.75, 3.05) is 11.9 Å². The second-order valence-electron chi connectivity index (χ2n) is 9.30. The van der Waals surface area contributed by atoms with Gasteiger partial charge in [0, 0.05) is 18.4 Å². The molecule has 1 aliphatic rings. The van der Waals surface area contributed by atoms with Gasteiger partial charge in [-0.15, -0.1) is 0 Å². The van der Waals surface area contributed by atoms with Crippen molar-refractivity contribution in [2.45, 2.75) is 72.1 Å². The molecule has 0 bridgehead atoms. The van der Waals surface area contributed by atoms with E-state index < -0.39 is 0 Å². The summed E-state index contributed by atoms with van der Waals surface area (Å²) in [6, 6.07) is 11.6. The zero-order valence-corrected chi connectivity index (χ0v) is 17.2. The van der Waals surface area contributed by atoms with Gasteiger partial charge in [-0.05, 0) is 78.8 Å². The Morgan fingerprint density at radius 1 is 0.720 bits per heavy atom. The van der Waals surface area contributed by atoms with E-state index in [2.05, 4.69) is 90.7 Å². The Labute approximate surface area is 154 Å². The molecular weight excluding hydrogens is 302 g/mol. The van der Waals surface area contributed by atoms with E-state index in [4.69, 9.17) is 0 Å². The molecule has 0 saturated heterocycles. The summed E-state index contributed by atoms with van der Waals surface area (Å²) in [7, 11) is 2.20. The van der Waals surface area contributed by atoms with E-state index in [0.717, 1.165) is 0 Å². The van der Waals surface area contributed by atoms with Gasteiger partial charge >= 0.3 is 0 Å². The number of rotatable bonds is 2. The Kier molecular flexibility index (Phi) is 4.26. The maximum atomic E-state index is 2.46. The van der Waals surface area contributed by atoms with Crippen LogP contribution in [0.25, 0.3) is 0 Å². The summed E-state index contributed by atoms with van der Waals surface area (Å²) < 4.78 is 0. The van der Waals surface area contributed by atoms with Crippen molar-refractivity contribution in [3.63, 3.8) is 0 Å². The van der Waals surface area contributed by atoms with Crippen molar-refractivity contribution >= 4 is 11.4 Å². The summed E-state index contributed by atoms with van der Waals surface area (Å²) in [5, 5.41) is 0. The smallest absolute Gasteiger partial charge is 0.0441 e. The average Bonchev–Trinajstić information content (AvgIpc) is 2.51. The van der Waals surface area contributed by atoms with E-state index in [-0.39, 0.29) is 10.8 Å². The third-order valence-electron chi connectivity index (χ3n) is 6.24. The maximum Gasteiger partial charge on any atom is 0.0441 e. The molecule has 0 N–H and O–H groups in total. The van der Waals surface area contributed by atoms with Crippen LogP contribution in [0.5, 0.6) is 0 Å². The molecule has 0 fully saturated rings. The van der Waals surface area contributed by atoms with Gasteiger partial charge in [0.25, 0.3) is 0 Å². The minimum absolute atomic E-state index is 0.246. The molecule has 0 amide bonds. The molecule has 0 aliphatic heterocycles. The fourth-order valence-corrected chi connectivity index (χ4v) is 4.38. The largest absolute Gasteiger partial charge is 0.344 e. The second-order valence-corrected chi connectivity index (χ2v) is 9.30. The first-order valence-electron chi connectivity index (χ1n) is 9.49. The number of fused-ring (bicyclic) bond motifs is 1. The first-order chi connectivity index (χ1) is 11.5. The van der Waals surface area contributed by atoms with E-state index >= 15 is 0 Å². The number of anilines is 2. The van der Waals surface area contributed by atoms with Gasteiger partial charge < -0.3 is 4.90 Å². The summed E-state index contributed by atoms with van der Waals surface area (Å²) in [5.41, 5.74) is 10.2. The number of nitrogens with zero attached hydrogens (tertiary/aromatic N) is 1. The van der Waals surface area contributed by atoms with Gasteiger partial charge in [0.2, 0.25) is 0 Å². The van der Waals surface area contributed by atoms with Crippen molar-refractivity contribution in [3.8, 4) is 0 Å². The van der Waals surface area contributed by atoms with E-state index in [9.17, 15) is 0 Å². The third kappa shape index (κ3) is 3.10. The van der Waals surface area contributed by atoms with Crippen LogP contribution in [-0.2, 0) is 10.8 Å². The van der Waals surface area contributed by atoms with Crippen LogP contribution >= 0.6 is 0 Å². The molecule has 0 heterocycles. The minimum Gasteiger partial charge on any atom is -0.344 e. The van der Waals surface area contributed by atoms with E-state index in [1.807, 2.05) is 0 Å². The predicted octanol–water partition coefficient (Wildman–Crippen LogP) is 6.73. The first-order valence-corrected chi connectivity index (χ1v) is 9.49. The summed E-state index contributed by atoms with van der Waals surface area (Å²) in [4.78, 5) is 2.36. The van der Waals surface area contributed by atoms with Crippen molar-refractivity contribution in [3.05, 3.63) is 58.1 Å². The lowest BCUT2D eigenvalue weighted by Crippen LogP contribution is -2.34. The van der Waals surface area contributed by atoms with Gasteiger partial charge in [0.1, 0.15) is 0 Å². The Morgan fingerprint density at radius 2 is 1.24 bits per heavy atom. The summed E-state index contributed by atoms with van der Waals surface area (Å²) in [6.07, 6.45) is 2.52. The number of hydrogen-bond donors (Lipinski definition) is 0. The number of aryl methyl sites for hydroxylation is 3. The van der Waals surface area contributed by atoms with Gasteiger partial charge in [-0.2, -0.15) is 0 Å². The van der Waals surface area contributed by atoms with Crippen molar-refractivity contribution in [2.24, 2.45) is 0 Å². The lowest BCUT2D eigenvalue weighted by molar-refractivity contribution is 0.332. The minimum atomic E-state index is 0.246. The molecule has 3 rings (SSSR count). The molecule has 0 atom stereocenters. The fraction of sp³-hybridized carbons (Fsp3) is 0.500. The molecular formula is C24H33N. The molecule has 134 valence electrons. The highest BCUT2D eigenvalue weighted by Crippen LogP contribution is 2.48. The highest BCUT2D eigenvalue weighted by Gasteiger charge is 2.37.